The van der Waals surface area contributed by atoms with Crippen molar-refractivity contribution in [3.05, 3.63) is 114 Å². The zero-order valence-corrected chi connectivity index (χ0v) is 24.6. The Morgan fingerprint density at radius 2 is 1.43 bits per heavy atom. The standard InChI is InChI=1S/C33H32N2O6S/c1-5-40-31(37)33(26-21-20-22-14-12-13-19-25(22)28(26)42(38,39)35-33)29(30(36)41-32(2,3)4)34-27(23-15-8-6-9-16-23)24-17-10-7-11-18-24/h6-21,29,35H,5H2,1-4H3/t29-,33+/m1/s1. The molecule has 0 saturated carbocycles. The van der Waals surface area contributed by atoms with Gasteiger partial charge in [0.15, 0.2) is 11.6 Å². The third-order valence-electron chi connectivity index (χ3n) is 6.86. The zero-order chi connectivity index (χ0) is 30.1. The Kier molecular flexibility index (Phi) is 7.74. The molecule has 0 bridgehead atoms. The SMILES string of the molecule is CCOC(=O)[C@]1([C@H](N=C(c2ccccc2)c2ccccc2)C(=O)OC(C)(C)C)NS(=O)(=O)c2c1ccc1ccccc21. The number of sulfonamides is 1. The van der Waals surface area contributed by atoms with Crippen LogP contribution in [0.25, 0.3) is 10.8 Å². The zero-order valence-electron chi connectivity index (χ0n) is 23.8. The van der Waals surface area contributed by atoms with Gasteiger partial charge in [0.1, 0.15) is 5.60 Å². The van der Waals surface area contributed by atoms with E-state index >= 15 is 0 Å². The molecule has 0 amide bonds. The number of hydrogen-bond acceptors (Lipinski definition) is 7. The van der Waals surface area contributed by atoms with Crippen LogP contribution in [0, 0.1) is 0 Å². The average molecular weight is 585 g/mol. The molecule has 0 radical (unpaired) electrons. The molecule has 0 unspecified atom stereocenters. The second-order valence-electron chi connectivity index (χ2n) is 10.9. The van der Waals surface area contributed by atoms with Gasteiger partial charge >= 0.3 is 11.9 Å². The molecule has 0 aliphatic carbocycles. The van der Waals surface area contributed by atoms with E-state index in [2.05, 4.69) is 4.72 Å². The summed E-state index contributed by atoms with van der Waals surface area (Å²) in [7, 11) is -4.32. The van der Waals surface area contributed by atoms with Gasteiger partial charge in [-0.15, -0.1) is 0 Å². The molecule has 1 aliphatic rings. The Hall–Kier alpha value is -4.34. The van der Waals surface area contributed by atoms with Crippen LogP contribution in [0.5, 0.6) is 0 Å². The molecule has 4 aromatic carbocycles. The van der Waals surface area contributed by atoms with Crippen LogP contribution in [-0.4, -0.2) is 44.3 Å². The molecule has 0 fully saturated rings. The quantitative estimate of drug-likeness (QED) is 0.238. The van der Waals surface area contributed by atoms with E-state index in [1.54, 1.807) is 64.1 Å². The topological polar surface area (TPSA) is 111 Å². The van der Waals surface area contributed by atoms with Crippen LogP contribution in [0.2, 0.25) is 0 Å². The highest BCUT2D eigenvalue weighted by Gasteiger charge is 2.62. The molecule has 0 spiro atoms. The summed E-state index contributed by atoms with van der Waals surface area (Å²) < 4.78 is 41.7. The van der Waals surface area contributed by atoms with Crippen LogP contribution in [0.15, 0.2) is 107 Å². The van der Waals surface area contributed by atoms with Crippen molar-refractivity contribution in [2.45, 2.75) is 49.8 Å². The second kappa shape index (κ2) is 11.2. The molecule has 5 rings (SSSR count). The molecule has 8 nitrogen and oxygen atoms in total. The number of benzene rings is 4. The number of esters is 2. The summed E-state index contributed by atoms with van der Waals surface area (Å²) in [6.45, 7) is 6.64. The monoisotopic (exact) mass is 584 g/mol. The minimum atomic E-state index is -4.32. The summed E-state index contributed by atoms with van der Waals surface area (Å²) in [4.78, 5) is 33.1. The van der Waals surface area contributed by atoms with E-state index in [-0.39, 0.29) is 17.1 Å². The first-order valence-corrected chi connectivity index (χ1v) is 15.1. The lowest BCUT2D eigenvalue weighted by atomic mass is 9.82. The van der Waals surface area contributed by atoms with Gasteiger partial charge in [-0.25, -0.2) is 18.0 Å². The first-order chi connectivity index (χ1) is 20.0. The Bertz CT molecular complexity index is 1740. The Morgan fingerprint density at radius 1 is 0.857 bits per heavy atom. The molecule has 9 heteroatoms. The molecular formula is C33H32N2O6S. The van der Waals surface area contributed by atoms with Crippen LogP contribution >= 0.6 is 0 Å². The number of nitrogens with one attached hydrogen (secondary N) is 1. The Balaban J connectivity index is 1.88. The normalized spacial score (nSPS) is 18.1. The van der Waals surface area contributed by atoms with Gasteiger partial charge < -0.3 is 9.47 Å². The molecule has 0 aromatic heterocycles. The summed E-state index contributed by atoms with van der Waals surface area (Å²) in [5.74, 6) is -1.84. The molecule has 4 aromatic rings. The van der Waals surface area contributed by atoms with Gasteiger partial charge in [0.2, 0.25) is 10.0 Å². The van der Waals surface area contributed by atoms with Crippen molar-refractivity contribution >= 4 is 38.4 Å². The molecule has 1 N–H and O–H groups in total. The van der Waals surface area contributed by atoms with Gasteiger partial charge in [-0.05, 0) is 33.1 Å². The fourth-order valence-corrected chi connectivity index (χ4v) is 7.02. The number of carbonyl (C=O) groups is 2. The van der Waals surface area contributed by atoms with Gasteiger partial charge in [0.05, 0.1) is 17.2 Å². The second-order valence-corrected chi connectivity index (χ2v) is 12.6. The molecule has 216 valence electrons. The lowest BCUT2D eigenvalue weighted by Gasteiger charge is -2.34. The summed E-state index contributed by atoms with van der Waals surface area (Å²) >= 11 is 0. The van der Waals surface area contributed by atoms with E-state index < -0.39 is 39.1 Å². The van der Waals surface area contributed by atoms with Crippen molar-refractivity contribution in [2.24, 2.45) is 4.99 Å². The van der Waals surface area contributed by atoms with Gasteiger partial charge in [0.25, 0.3) is 0 Å². The van der Waals surface area contributed by atoms with Gasteiger partial charge in [-0.3, -0.25) is 4.99 Å². The van der Waals surface area contributed by atoms with Crippen LogP contribution in [0.4, 0.5) is 0 Å². The van der Waals surface area contributed by atoms with Crippen LogP contribution in [0.3, 0.4) is 0 Å². The maximum absolute atomic E-state index is 14.2. The lowest BCUT2D eigenvalue weighted by molar-refractivity contribution is -0.165. The van der Waals surface area contributed by atoms with E-state index in [4.69, 9.17) is 14.5 Å². The highest BCUT2D eigenvalue weighted by atomic mass is 32.2. The molecule has 0 saturated heterocycles. The number of aliphatic imine (C=N–C) groups is 1. The lowest BCUT2D eigenvalue weighted by Crippen LogP contribution is -2.59. The fraction of sp³-hybridized carbons (Fsp3) is 0.242. The van der Waals surface area contributed by atoms with E-state index in [1.165, 1.54) is 0 Å². The number of rotatable bonds is 7. The van der Waals surface area contributed by atoms with Crippen LogP contribution in [-0.2, 0) is 34.6 Å². The predicted octanol–water partition coefficient (Wildman–Crippen LogP) is 5.14. The van der Waals surface area contributed by atoms with Crippen molar-refractivity contribution < 1.29 is 27.5 Å². The number of carbonyl (C=O) groups excluding carboxylic acids is 2. The van der Waals surface area contributed by atoms with Crippen LogP contribution in [0.1, 0.15) is 44.4 Å². The summed E-state index contributed by atoms with van der Waals surface area (Å²) in [5.41, 5.74) is -1.44. The molecule has 1 heterocycles. The maximum Gasteiger partial charge on any atom is 0.334 e. The predicted molar refractivity (Wildman–Crippen MR) is 161 cm³/mol. The first kappa shape index (κ1) is 29.2. The average Bonchev–Trinajstić information content (AvgIpc) is 3.21. The third-order valence-corrected chi connectivity index (χ3v) is 8.43. The molecule has 2 atom stereocenters. The van der Waals surface area contributed by atoms with Crippen molar-refractivity contribution in [3.63, 3.8) is 0 Å². The van der Waals surface area contributed by atoms with Gasteiger partial charge in [-0.2, -0.15) is 4.72 Å². The largest absolute Gasteiger partial charge is 0.464 e. The number of ether oxygens (including phenoxy) is 2. The van der Waals surface area contributed by atoms with E-state index in [1.807, 2.05) is 60.7 Å². The number of nitrogens with zero attached hydrogens (tertiary/aromatic N) is 1. The van der Waals surface area contributed by atoms with Crippen molar-refractivity contribution in [2.75, 3.05) is 6.61 Å². The Labute approximate surface area is 245 Å². The number of fused-ring (bicyclic) bond motifs is 3. The summed E-state index contributed by atoms with van der Waals surface area (Å²) in [6, 6.07) is 26.9. The van der Waals surface area contributed by atoms with E-state index in [0.29, 0.717) is 27.6 Å². The summed E-state index contributed by atoms with van der Waals surface area (Å²) in [5, 5.41) is 1.07. The van der Waals surface area contributed by atoms with Crippen molar-refractivity contribution in [1.82, 2.24) is 4.72 Å². The van der Waals surface area contributed by atoms with Gasteiger partial charge in [0, 0.05) is 22.1 Å². The number of hydrogen-bond donors (Lipinski definition) is 1. The molecule has 1 aliphatic heterocycles. The highest BCUT2D eigenvalue weighted by Crippen LogP contribution is 2.44. The maximum atomic E-state index is 14.2. The molecule has 42 heavy (non-hydrogen) atoms. The summed E-state index contributed by atoms with van der Waals surface area (Å²) in [6.07, 6.45) is 0. The third kappa shape index (κ3) is 5.33. The minimum absolute atomic E-state index is 0.0554. The smallest absolute Gasteiger partial charge is 0.334 e. The van der Waals surface area contributed by atoms with Gasteiger partial charge in [-0.1, -0.05) is 97.1 Å². The van der Waals surface area contributed by atoms with E-state index in [0.717, 1.165) is 0 Å². The van der Waals surface area contributed by atoms with Crippen LogP contribution < -0.4 is 4.72 Å². The fourth-order valence-electron chi connectivity index (χ4n) is 5.19. The minimum Gasteiger partial charge on any atom is -0.464 e. The van der Waals surface area contributed by atoms with Crippen molar-refractivity contribution in [3.8, 4) is 0 Å². The van der Waals surface area contributed by atoms with E-state index in [9.17, 15) is 18.0 Å². The highest BCUT2D eigenvalue weighted by molar-refractivity contribution is 7.90. The first-order valence-electron chi connectivity index (χ1n) is 13.6. The molecular weight excluding hydrogens is 552 g/mol. The van der Waals surface area contributed by atoms with Crippen molar-refractivity contribution in [1.29, 1.82) is 0 Å². The Morgan fingerprint density at radius 3 is 2.00 bits per heavy atom.